The molecule has 0 aliphatic heterocycles. The minimum Gasteiger partial charge on any atom is -0.389 e. The average Bonchev–Trinajstić information content (AvgIpc) is 3.16. The molecule has 0 saturated heterocycles. The van der Waals surface area contributed by atoms with Crippen LogP contribution in [-0.2, 0) is 10.0 Å². The second-order valence-corrected chi connectivity index (χ2v) is 7.33. The molecule has 110 valence electrons. The fourth-order valence-corrected chi connectivity index (χ4v) is 3.78. The fourth-order valence-electron chi connectivity index (χ4n) is 2.13. The van der Waals surface area contributed by atoms with E-state index in [-0.39, 0.29) is 20.9 Å². The highest BCUT2D eigenvalue weighted by Crippen LogP contribution is 2.48. The lowest BCUT2D eigenvalue weighted by molar-refractivity contribution is 0.475. The van der Waals surface area contributed by atoms with E-state index in [1.165, 1.54) is 12.1 Å². The van der Waals surface area contributed by atoms with Gasteiger partial charge in [-0.2, -0.15) is 0 Å². The summed E-state index contributed by atoms with van der Waals surface area (Å²) < 4.78 is 40.9. The maximum atomic E-state index is 13.7. The third kappa shape index (κ3) is 2.99. The van der Waals surface area contributed by atoms with E-state index in [4.69, 9.17) is 18.0 Å². The number of thiocarbonyl (C=S) groups is 1. The molecule has 1 aliphatic rings. The Kier molecular flexibility index (Phi) is 4.13. The maximum absolute atomic E-state index is 13.7. The van der Waals surface area contributed by atoms with E-state index in [1.807, 2.05) is 6.92 Å². The molecule has 0 spiro atoms. The van der Waals surface area contributed by atoms with Crippen molar-refractivity contribution in [3.8, 4) is 0 Å². The van der Waals surface area contributed by atoms with Crippen molar-refractivity contribution in [2.24, 2.45) is 11.1 Å². The number of halogens is 1. The van der Waals surface area contributed by atoms with Gasteiger partial charge in [0.15, 0.2) is 0 Å². The number of nitrogens with two attached hydrogens (primary N) is 1. The molecule has 0 heterocycles. The van der Waals surface area contributed by atoms with Crippen molar-refractivity contribution in [1.29, 1.82) is 0 Å². The number of rotatable bonds is 6. The molecular formula is C13H17FN2O2S2. The standard InChI is InChI=1S/C13H17FN2O2S2/c1-2-13(6-7-13)8-16-20(17,18)10-5-3-4-9(14)11(10)12(15)19/h3-5,16H,2,6-8H2,1H3,(H2,15,19). The number of nitrogens with one attached hydrogen (secondary N) is 1. The Labute approximate surface area is 123 Å². The van der Waals surface area contributed by atoms with Crippen LogP contribution < -0.4 is 10.5 Å². The van der Waals surface area contributed by atoms with E-state index in [9.17, 15) is 12.8 Å². The van der Waals surface area contributed by atoms with E-state index in [1.54, 1.807) is 0 Å². The summed E-state index contributed by atoms with van der Waals surface area (Å²) in [5.74, 6) is -0.725. The van der Waals surface area contributed by atoms with Crippen LogP contribution in [0.1, 0.15) is 31.7 Å². The van der Waals surface area contributed by atoms with Crippen LogP contribution >= 0.6 is 12.2 Å². The molecule has 1 aromatic carbocycles. The summed E-state index contributed by atoms with van der Waals surface area (Å²) in [5, 5.41) is 0. The second-order valence-electron chi connectivity index (χ2n) is 5.16. The number of hydrogen-bond donors (Lipinski definition) is 2. The Morgan fingerprint density at radius 2 is 2.15 bits per heavy atom. The highest BCUT2D eigenvalue weighted by atomic mass is 32.2. The van der Waals surface area contributed by atoms with Gasteiger partial charge in [-0.05, 0) is 36.8 Å². The first-order valence-electron chi connectivity index (χ1n) is 6.39. The molecule has 0 amide bonds. The van der Waals surface area contributed by atoms with Crippen molar-refractivity contribution in [1.82, 2.24) is 4.72 Å². The highest BCUT2D eigenvalue weighted by Gasteiger charge is 2.41. The first-order chi connectivity index (χ1) is 9.31. The quantitative estimate of drug-likeness (QED) is 0.787. The Morgan fingerprint density at radius 1 is 1.50 bits per heavy atom. The topological polar surface area (TPSA) is 72.2 Å². The zero-order chi connectivity index (χ0) is 15.0. The largest absolute Gasteiger partial charge is 0.389 e. The van der Waals surface area contributed by atoms with E-state index in [0.29, 0.717) is 6.54 Å². The van der Waals surface area contributed by atoms with Gasteiger partial charge in [-0.1, -0.05) is 25.2 Å². The van der Waals surface area contributed by atoms with Crippen LogP contribution in [0.5, 0.6) is 0 Å². The molecule has 1 aromatic rings. The first kappa shape index (κ1) is 15.3. The summed E-state index contributed by atoms with van der Waals surface area (Å²) in [6.07, 6.45) is 2.94. The van der Waals surface area contributed by atoms with E-state index >= 15 is 0 Å². The summed E-state index contributed by atoms with van der Waals surface area (Å²) in [5.41, 5.74) is 5.27. The third-order valence-electron chi connectivity index (χ3n) is 3.86. The predicted molar refractivity (Wildman–Crippen MR) is 79.4 cm³/mol. The van der Waals surface area contributed by atoms with Crippen LogP contribution in [0, 0.1) is 11.2 Å². The molecule has 3 N–H and O–H groups in total. The minimum absolute atomic E-state index is 0.0593. The van der Waals surface area contributed by atoms with Gasteiger partial charge in [0.05, 0.1) is 10.5 Å². The van der Waals surface area contributed by atoms with Crippen molar-refractivity contribution >= 4 is 27.2 Å². The van der Waals surface area contributed by atoms with Gasteiger partial charge in [0, 0.05) is 6.54 Å². The molecule has 1 fully saturated rings. The van der Waals surface area contributed by atoms with Crippen LogP contribution in [0.25, 0.3) is 0 Å². The van der Waals surface area contributed by atoms with Crippen molar-refractivity contribution in [2.75, 3.05) is 6.54 Å². The van der Waals surface area contributed by atoms with Crippen LogP contribution in [0.3, 0.4) is 0 Å². The lowest BCUT2D eigenvalue weighted by Gasteiger charge is -2.15. The Hall–Kier alpha value is -1.05. The summed E-state index contributed by atoms with van der Waals surface area (Å²) in [7, 11) is -3.82. The van der Waals surface area contributed by atoms with Gasteiger partial charge < -0.3 is 5.73 Å². The molecule has 1 aliphatic carbocycles. The summed E-state index contributed by atoms with van der Waals surface area (Å²) in [4.78, 5) is -0.461. The molecule has 0 aromatic heterocycles. The first-order valence-corrected chi connectivity index (χ1v) is 8.28. The summed E-state index contributed by atoms with van der Waals surface area (Å²) in [6.45, 7) is 2.39. The molecule has 0 atom stereocenters. The van der Waals surface area contributed by atoms with Gasteiger partial charge in [0.25, 0.3) is 0 Å². The van der Waals surface area contributed by atoms with Gasteiger partial charge in [-0.3, -0.25) is 0 Å². The zero-order valence-electron chi connectivity index (χ0n) is 11.1. The summed E-state index contributed by atoms with van der Waals surface area (Å²) >= 11 is 4.74. The molecule has 0 unspecified atom stereocenters. The molecular weight excluding hydrogens is 299 g/mol. The molecule has 20 heavy (non-hydrogen) atoms. The van der Waals surface area contributed by atoms with E-state index < -0.39 is 15.8 Å². The van der Waals surface area contributed by atoms with E-state index in [2.05, 4.69) is 4.72 Å². The Balaban J connectivity index is 2.30. The molecule has 0 radical (unpaired) electrons. The van der Waals surface area contributed by atoms with Gasteiger partial charge in [-0.15, -0.1) is 0 Å². The average molecular weight is 316 g/mol. The van der Waals surface area contributed by atoms with Crippen LogP contribution in [0.15, 0.2) is 23.1 Å². The second kappa shape index (κ2) is 5.38. The Bertz CT molecular complexity index is 640. The maximum Gasteiger partial charge on any atom is 0.241 e. The number of benzene rings is 1. The van der Waals surface area contributed by atoms with E-state index in [0.717, 1.165) is 25.3 Å². The van der Waals surface area contributed by atoms with Crippen molar-refractivity contribution in [3.05, 3.63) is 29.6 Å². The van der Waals surface area contributed by atoms with Crippen LogP contribution in [0.2, 0.25) is 0 Å². The SMILES string of the molecule is CCC1(CNS(=O)(=O)c2cccc(F)c2C(N)=S)CC1. The number of sulfonamides is 1. The van der Waals surface area contributed by atoms with Crippen molar-refractivity contribution in [3.63, 3.8) is 0 Å². The lowest BCUT2D eigenvalue weighted by Crippen LogP contribution is -2.32. The monoisotopic (exact) mass is 316 g/mol. The van der Waals surface area contributed by atoms with Gasteiger partial charge >= 0.3 is 0 Å². The normalized spacial score (nSPS) is 16.9. The smallest absolute Gasteiger partial charge is 0.241 e. The zero-order valence-corrected chi connectivity index (χ0v) is 12.8. The van der Waals surface area contributed by atoms with Crippen molar-refractivity contribution in [2.45, 2.75) is 31.1 Å². The fraction of sp³-hybridized carbons (Fsp3) is 0.462. The molecule has 0 bridgehead atoms. The van der Waals surface area contributed by atoms with Gasteiger partial charge in [-0.25, -0.2) is 17.5 Å². The molecule has 7 heteroatoms. The predicted octanol–water partition coefficient (Wildman–Crippen LogP) is 1.93. The minimum atomic E-state index is -3.82. The molecule has 1 saturated carbocycles. The summed E-state index contributed by atoms with van der Waals surface area (Å²) in [6, 6.07) is 3.78. The molecule has 2 rings (SSSR count). The lowest BCUT2D eigenvalue weighted by atomic mass is 10.1. The van der Waals surface area contributed by atoms with Crippen LogP contribution in [0.4, 0.5) is 4.39 Å². The van der Waals surface area contributed by atoms with Gasteiger partial charge in [0.2, 0.25) is 10.0 Å². The highest BCUT2D eigenvalue weighted by molar-refractivity contribution is 7.89. The molecule has 4 nitrogen and oxygen atoms in total. The van der Waals surface area contributed by atoms with Crippen molar-refractivity contribution < 1.29 is 12.8 Å². The Morgan fingerprint density at radius 3 is 2.65 bits per heavy atom. The third-order valence-corrected chi connectivity index (χ3v) is 5.50. The van der Waals surface area contributed by atoms with Crippen LogP contribution in [-0.4, -0.2) is 20.0 Å². The van der Waals surface area contributed by atoms with Gasteiger partial charge in [0.1, 0.15) is 10.8 Å². The number of hydrogen-bond acceptors (Lipinski definition) is 3.